The molecule has 1 unspecified atom stereocenters. The largest absolute Gasteiger partial charge is 0.491 e. The topological polar surface area (TPSA) is 62.0 Å². The molecule has 0 aliphatic rings. The lowest BCUT2D eigenvalue weighted by atomic mass is 10.1. The first-order chi connectivity index (χ1) is 10.2. The first kappa shape index (κ1) is 15.1. The fourth-order valence-corrected chi connectivity index (χ4v) is 1.98. The minimum atomic E-state index is -0.644. The zero-order valence-corrected chi connectivity index (χ0v) is 11.9. The second-order valence-corrected chi connectivity index (χ2v) is 4.89. The molecule has 2 N–H and O–H groups in total. The second-order valence-electron chi connectivity index (χ2n) is 4.89. The summed E-state index contributed by atoms with van der Waals surface area (Å²) in [5, 5.41) is 21.8. The van der Waals surface area contributed by atoms with Crippen LogP contribution in [-0.4, -0.2) is 22.6 Å². The predicted octanol–water partition coefficient (Wildman–Crippen LogP) is 3.19. The number of hydrogen-bond acceptors (Lipinski definition) is 4. The number of hydrogen-bond donors (Lipinski definition) is 2. The normalized spacial score (nSPS) is 13.0. The standard InChI is InChI=1S/C17H19NO3/c1-13(18-20)11-14-7-9-16(10-8-14)21-12-17(19)15-5-3-2-4-6-15/h2-10,17,19-20H,11-12H2,1H3/b18-13-. The molecule has 1 atom stereocenters. The molecule has 0 radical (unpaired) electrons. The van der Waals surface area contributed by atoms with Gasteiger partial charge in [-0.15, -0.1) is 0 Å². The van der Waals surface area contributed by atoms with Crippen molar-refractivity contribution >= 4 is 5.71 Å². The van der Waals surface area contributed by atoms with Crippen LogP contribution in [0.4, 0.5) is 0 Å². The Morgan fingerprint density at radius 1 is 1.10 bits per heavy atom. The van der Waals surface area contributed by atoms with Gasteiger partial charge in [-0.25, -0.2) is 0 Å². The highest BCUT2D eigenvalue weighted by Gasteiger charge is 2.07. The highest BCUT2D eigenvalue weighted by Crippen LogP contribution is 2.17. The van der Waals surface area contributed by atoms with Crippen LogP contribution in [0.1, 0.15) is 24.2 Å². The molecular formula is C17H19NO3. The third-order valence-electron chi connectivity index (χ3n) is 3.15. The average molecular weight is 285 g/mol. The average Bonchev–Trinajstić information content (AvgIpc) is 2.54. The number of rotatable bonds is 6. The van der Waals surface area contributed by atoms with Crippen LogP contribution in [0.25, 0.3) is 0 Å². The van der Waals surface area contributed by atoms with Crippen molar-refractivity contribution in [1.29, 1.82) is 0 Å². The van der Waals surface area contributed by atoms with Gasteiger partial charge in [0, 0.05) is 6.42 Å². The van der Waals surface area contributed by atoms with Gasteiger partial charge < -0.3 is 15.1 Å². The number of aliphatic hydroxyl groups is 1. The molecule has 0 fully saturated rings. The van der Waals surface area contributed by atoms with E-state index in [0.717, 1.165) is 11.1 Å². The van der Waals surface area contributed by atoms with E-state index in [4.69, 9.17) is 9.94 Å². The van der Waals surface area contributed by atoms with E-state index in [-0.39, 0.29) is 6.61 Å². The van der Waals surface area contributed by atoms with Gasteiger partial charge in [-0.3, -0.25) is 0 Å². The van der Waals surface area contributed by atoms with E-state index in [1.165, 1.54) is 0 Å². The van der Waals surface area contributed by atoms with E-state index in [1.807, 2.05) is 54.6 Å². The molecule has 2 aromatic carbocycles. The van der Waals surface area contributed by atoms with E-state index in [9.17, 15) is 5.11 Å². The van der Waals surface area contributed by atoms with E-state index in [2.05, 4.69) is 5.16 Å². The SMILES string of the molecule is C/C(Cc1ccc(OCC(O)c2ccccc2)cc1)=N/O. The Hall–Kier alpha value is -2.33. The summed E-state index contributed by atoms with van der Waals surface area (Å²) in [5.41, 5.74) is 2.54. The number of benzene rings is 2. The van der Waals surface area contributed by atoms with Gasteiger partial charge in [0.1, 0.15) is 18.5 Å². The highest BCUT2D eigenvalue weighted by atomic mass is 16.5. The number of aliphatic hydroxyl groups excluding tert-OH is 1. The lowest BCUT2D eigenvalue weighted by molar-refractivity contribution is 0.108. The molecule has 0 saturated heterocycles. The molecule has 21 heavy (non-hydrogen) atoms. The van der Waals surface area contributed by atoms with Crippen LogP contribution in [0, 0.1) is 0 Å². The summed E-state index contributed by atoms with van der Waals surface area (Å²) in [6.07, 6.45) is -0.0432. The molecule has 4 nitrogen and oxygen atoms in total. The maximum atomic E-state index is 10.0. The molecule has 2 aromatic rings. The summed E-state index contributed by atoms with van der Waals surface area (Å²) in [4.78, 5) is 0. The highest BCUT2D eigenvalue weighted by molar-refractivity contribution is 5.83. The minimum absolute atomic E-state index is 0.209. The van der Waals surface area contributed by atoms with Crippen molar-refractivity contribution < 1.29 is 15.1 Å². The number of ether oxygens (including phenoxy) is 1. The summed E-state index contributed by atoms with van der Waals surface area (Å²) in [6, 6.07) is 16.9. The number of oxime groups is 1. The first-order valence-corrected chi connectivity index (χ1v) is 6.81. The minimum Gasteiger partial charge on any atom is -0.491 e. The molecule has 0 aromatic heterocycles. The Labute approximate surface area is 124 Å². The molecule has 4 heteroatoms. The van der Waals surface area contributed by atoms with Crippen LogP contribution in [-0.2, 0) is 6.42 Å². The smallest absolute Gasteiger partial charge is 0.119 e. The molecule has 0 aliphatic carbocycles. The lowest BCUT2D eigenvalue weighted by Gasteiger charge is -2.13. The Morgan fingerprint density at radius 3 is 2.38 bits per heavy atom. The third-order valence-corrected chi connectivity index (χ3v) is 3.15. The Kier molecular flexibility index (Phi) is 5.35. The quantitative estimate of drug-likeness (QED) is 0.487. The first-order valence-electron chi connectivity index (χ1n) is 6.81. The van der Waals surface area contributed by atoms with Crippen molar-refractivity contribution in [2.45, 2.75) is 19.4 Å². The molecule has 0 heterocycles. The van der Waals surface area contributed by atoms with Gasteiger partial charge in [0.2, 0.25) is 0 Å². The maximum Gasteiger partial charge on any atom is 0.119 e. The summed E-state index contributed by atoms with van der Waals surface area (Å²) >= 11 is 0. The molecule has 2 rings (SSSR count). The van der Waals surface area contributed by atoms with Crippen molar-refractivity contribution in [1.82, 2.24) is 0 Å². The van der Waals surface area contributed by atoms with Gasteiger partial charge in [0.25, 0.3) is 0 Å². The van der Waals surface area contributed by atoms with E-state index in [0.29, 0.717) is 17.9 Å². The van der Waals surface area contributed by atoms with Crippen molar-refractivity contribution in [2.24, 2.45) is 5.16 Å². The molecule has 0 bridgehead atoms. The van der Waals surface area contributed by atoms with Crippen LogP contribution in [0.15, 0.2) is 59.8 Å². The fourth-order valence-electron chi connectivity index (χ4n) is 1.98. The molecule has 0 saturated carbocycles. The second kappa shape index (κ2) is 7.45. The Balaban J connectivity index is 1.89. The lowest BCUT2D eigenvalue weighted by Crippen LogP contribution is -2.09. The van der Waals surface area contributed by atoms with Gasteiger partial charge in [0.15, 0.2) is 0 Å². The van der Waals surface area contributed by atoms with Crippen molar-refractivity contribution in [2.75, 3.05) is 6.61 Å². The Bertz CT molecular complexity index is 579. The summed E-state index contributed by atoms with van der Waals surface area (Å²) in [6.45, 7) is 1.97. The molecular weight excluding hydrogens is 266 g/mol. The van der Waals surface area contributed by atoms with E-state index < -0.39 is 6.10 Å². The van der Waals surface area contributed by atoms with E-state index >= 15 is 0 Å². The fraction of sp³-hybridized carbons (Fsp3) is 0.235. The van der Waals surface area contributed by atoms with Gasteiger partial charge >= 0.3 is 0 Å². The van der Waals surface area contributed by atoms with Gasteiger partial charge in [-0.05, 0) is 30.2 Å². The third kappa shape index (κ3) is 4.61. The molecule has 0 amide bonds. The predicted molar refractivity (Wildman–Crippen MR) is 81.9 cm³/mol. The zero-order valence-electron chi connectivity index (χ0n) is 11.9. The number of nitrogens with zero attached hydrogens (tertiary/aromatic N) is 1. The van der Waals surface area contributed by atoms with Gasteiger partial charge in [-0.2, -0.15) is 0 Å². The maximum absolute atomic E-state index is 10.0. The zero-order chi connectivity index (χ0) is 15.1. The van der Waals surface area contributed by atoms with Gasteiger partial charge in [0.05, 0.1) is 5.71 Å². The van der Waals surface area contributed by atoms with Crippen LogP contribution in [0.2, 0.25) is 0 Å². The van der Waals surface area contributed by atoms with Crippen molar-refractivity contribution in [3.05, 3.63) is 65.7 Å². The molecule has 110 valence electrons. The molecule has 0 spiro atoms. The van der Waals surface area contributed by atoms with Crippen LogP contribution >= 0.6 is 0 Å². The monoisotopic (exact) mass is 285 g/mol. The van der Waals surface area contributed by atoms with Crippen LogP contribution in [0.5, 0.6) is 5.75 Å². The van der Waals surface area contributed by atoms with Gasteiger partial charge in [-0.1, -0.05) is 47.6 Å². The summed E-state index contributed by atoms with van der Waals surface area (Å²) < 4.78 is 5.58. The Morgan fingerprint density at radius 2 is 1.76 bits per heavy atom. The molecule has 0 aliphatic heterocycles. The van der Waals surface area contributed by atoms with Crippen molar-refractivity contribution in [3.8, 4) is 5.75 Å². The summed E-state index contributed by atoms with van der Waals surface area (Å²) in [7, 11) is 0. The van der Waals surface area contributed by atoms with E-state index in [1.54, 1.807) is 6.92 Å². The van der Waals surface area contributed by atoms with Crippen LogP contribution in [0.3, 0.4) is 0 Å². The van der Waals surface area contributed by atoms with Crippen molar-refractivity contribution in [3.63, 3.8) is 0 Å². The van der Waals surface area contributed by atoms with Crippen LogP contribution < -0.4 is 4.74 Å². The summed E-state index contributed by atoms with van der Waals surface area (Å²) in [5.74, 6) is 0.701.